The van der Waals surface area contributed by atoms with Crippen LogP contribution in [0.1, 0.15) is 13.8 Å². The molecular weight excluding hydrogens is 176 g/mol. The first kappa shape index (κ1) is 11.0. The summed E-state index contributed by atoms with van der Waals surface area (Å²) in [6, 6.07) is 0. The molecule has 0 atom stereocenters. The lowest BCUT2D eigenvalue weighted by molar-refractivity contribution is 0.595. The molecule has 0 saturated carbocycles. The third-order valence-corrected chi connectivity index (χ3v) is 2.06. The number of aryl methyl sites for hydroxylation is 1. The third-order valence-electron chi connectivity index (χ3n) is 2.06. The molecule has 0 aliphatic heterocycles. The average Bonchev–Trinajstić information content (AvgIpc) is 2.50. The first-order valence-corrected chi connectivity index (χ1v) is 5.07. The predicted molar refractivity (Wildman–Crippen MR) is 59.3 cm³/mol. The molecule has 0 unspecified atom stereocenters. The van der Waals surface area contributed by atoms with Crippen LogP contribution in [-0.4, -0.2) is 29.2 Å². The van der Waals surface area contributed by atoms with E-state index in [2.05, 4.69) is 23.7 Å². The van der Waals surface area contributed by atoms with Gasteiger partial charge in [0, 0.05) is 39.1 Å². The molecule has 0 saturated heterocycles. The number of hydrogen-bond donors (Lipinski definition) is 1. The summed E-state index contributed by atoms with van der Waals surface area (Å²) in [5.41, 5.74) is 5.58. The summed E-state index contributed by atoms with van der Waals surface area (Å²) in [6.45, 7) is 6.93. The summed E-state index contributed by atoms with van der Waals surface area (Å²) in [6.07, 6.45) is 3.78. The molecule has 0 aromatic carbocycles. The minimum Gasteiger partial charge on any atom is -0.341 e. The molecule has 1 aromatic heterocycles. The van der Waals surface area contributed by atoms with Gasteiger partial charge in [0.15, 0.2) is 0 Å². The highest BCUT2D eigenvalue weighted by molar-refractivity contribution is 5.30. The maximum atomic E-state index is 5.58. The van der Waals surface area contributed by atoms with Crippen molar-refractivity contribution >= 4 is 5.95 Å². The van der Waals surface area contributed by atoms with Crippen LogP contribution in [0.4, 0.5) is 5.95 Å². The molecule has 1 rings (SSSR count). The molecule has 2 N–H and O–H groups in total. The Morgan fingerprint density at radius 1 is 1.57 bits per heavy atom. The Morgan fingerprint density at radius 2 is 2.29 bits per heavy atom. The van der Waals surface area contributed by atoms with Crippen LogP contribution >= 0.6 is 0 Å². The normalized spacial score (nSPS) is 10.9. The fraction of sp³-hybridized carbons (Fsp3) is 0.700. The zero-order valence-electron chi connectivity index (χ0n) is 9.27. The highest BCUT2D eigenvalue weighted by Gasteiger charge is 2.11. The van der Waals surface area contributed by atoms with Crippen LogP contribution in [0.2, 0.25) is 0 Å². The molecule has 0 bridgehead atoms. The number of aromatic nitrogens is 2. The molecule has 1 heterocycles. The van der Waals surface area contributed by atoms with Gasteiger partial charge >= 0.3 is 0 Å². The predicted octanol–water partition coefficient (Wildman–Crippen LogP) is 0.841. The molecule has 0 aliphatic carbocycles. The van der Waals surface area contributed by atoms with Crippen molar-refractivity contribution in [1.82, 2.24) is 9.55 Å². The summed E-state index contributed by atoms with van der Waals surface area (Å²) >= 11 is 0. The second kappa shape index (κ2) is 5.00. The van der Waals surface area contributed by atoms with Crippen LogP contribution in [0, 0.1) is 5.92 Å². The number of imidazole rings is 1. The Kier molecular flexibility index (Phi) is 3.95. The monoisotopic (exact) mass is 196 g/mol. The lowest BCUT2D eigenvalue weighted by atomic mass is 10.2. The molecule has 14 heavy (non-hydrogen) atoms. The first-order valence-electron chi connectivity index (χ1n) is 5.07. The quantitative estimate of drug-likeness (QED) is 0.759. The molecule has 4 nitrogen and oxygen atoms in total. The van der Waals surface area contributed by atoms with Gasteiger partial charge in [0.25, 0.3) is 0 Å². The van der Waals surface area contributed by atoms with Gasteiger partial charge in [-0.15, -0.1) is 0 Å². The standard InChI is InChI=1S/C10H20N4/c1-9(2)8-14(6-4-11)10-12-5-7-13(10)3/h5,7,9H,4,6,8,11H2,1-3H3. The number of nitrogens with zero attached hydrogens (tertiary/aromatic N) is 3. The van der Waals surface area contributed by atoms with Crippen LogP contribution in [-0.2, 0) is 7.05 Å². The van der Waals surface area contributed by atoms with Gasteiger partial charge in [-0.05, 0) is 5.92 Å². The van der Waals surface area contributed by atoms with Crippen molar-refractivity contribution in [2.24, 2.45) is 18.7 Å². The topological polar surface area (TPSA) is 47.1 Å². The van der Waals surface area contributed by atoms with Gasteiger partial charge in [-0.2, -0.15) is 0 Å². The fourth-order valence-electron chi connectivity index (χ4n) is 1.53. The van der Waals surface area contributed by atoms with E-state index in [1.807, 2.05) is 24.0 Å². The van der Waals surface area contributed by atoms with Crippen LogP contribution in [0.5, 0.6) is 0 Å². The zero-order valence-corrected chi connectivity index (χ0v) is 9.27. The van der Waals surface area contributed by atoms with Crippen LogP contribution in [0.25, 0.3) is 0 Å². The van der Waals surface area contributed by atoms with Crippen molar-refractivity contribution in [1.29, 1.82) is 0 Å². The summed E-state index contributed by atoms with van der Waals surface area (Å²) in [7, 11) is 2.01. The maximum Gasteiger partial charge on any atom is 0.205 e. The summed E-state index contributed by atoms with van der Waals surface area (Å²) in [5.74, 6) is 1.63. The van der Waals surface area contributed by atoms with E-state index in [0.29, 0.717) is 12.5 Å². The Labute approximate surface area is 85.7 Å². The van der Waals surface area contributed by atoms with E-state index in [4.69, 9.17) is 5.73 Å². The van der Waals surface area contributed by atoms with E-state index in [1.165, 1.54) is 0 Å². The van der Waals surface area contributed by atoms with E-state index < -0.39 is 0 Å². The maximum absolute atomic E-state index is 5.58. The Morgan fingerprint density at radius 3 is 2.71 bits per heavy atom. The van der Waals surface area contributed by atoms with Crippen molar-refractivity contribution in [2.75, 3.05) is 24.5 Å². The lowest BCUT2D eigenvalue weighted by Crippen LogP contribution is -2.34. The Hall–Kier alpha value is -1.03. The van der Waals surface area contributed by atoms with Crippen LogP contribution < -0.4 is 10.6 Å². The number of rotatable bonds is 5. The van der Waals surface area contributed by atoms with Crippen molar-refractivity contribution in [2.45, 2.75) is 13.8 Å². The fourth-order valence-corrected chi connectivity index (χ4v) is 1.53. The zero-order chi connectivity index (χ0) is 10.6. The van der Waals surface area contributed by atoms with Gasteiger partial charge in [0.2, 0.25) is 5.95 Å². The van der Waals surface area contributed by atoms with E-state index in [9.17, 15) is 0 Å². The van der Waals surface area contributed by atoms with Gasteiger partial charge in [-0.1, -0.05) is 13.8 Å². The molecule has 0 spiro atoms. The minimum atomic E-state index is 0.623. The summed E-state index contributed by atoms with van der Waals surface area (Å²) < 4.78 is 2.03. The molecule has 0 amide bonds. The van der Waals surface area contributed by atoms with E-state index in [-0.39, 0.29) is 0 Å². The van der Waals surface area contributed by atoms with E-state index >= 15 is 0 Å². The first-order chi connectivity index (χ1) is 6.65. The third kappa shape index (κ3) is 2.73. The molecule has 1 aromatic rings. The highest BCUT2D eigenvalue weighted by Crippen LogP contribution is 2.11. The van der Waals surface area contributed by atoms with Gasteiger partial charge in [0.1, 0.15) is 0 Å². The van der Waals surface area contributed by atoms with E-state index in [1.54, 1.807) is 0 Å². The van der Waals surface area contributed by atoms with Crippen LogP contribution in [0.15, 0.2) is 12.4 Å². The second-order valence-corrected chi connectivity index (χ2v) is 3.97. The average molecular weight is 196 g/mol. The highest BCUT2D eigenvalue weighted by atomic mass is 15.3. The molecular formula is C10H20N4. The van der Waals surface area contributed by atoms with Gasteiger partial charge in [-0.25, -0.2) is 4.98 Å². The second-order valence-electron chi connectivity index (χ2n) is 3.97. The van der Waals surface area contributed by atoms with E-state index in [0.717, 1.165) is 19.0 Å². The SMILES string of the molecule is CC(C)CN(CCN)c1nccn1C. The Balaban J connectivity index is 2.72. The molecule has 0 radical (unpaired) electrons. The largest absolute Gasteiger partial charge is 0.341 e. The number of anilines is 1. The van der Waals surface area contributed by atoms with Gasteiger partial charge < -0.3 is 15.2 Å². The molecule has 80 valence electrons. The summed E-state index contributed by atoms with van der Waals surface area (Å²) in [4.78, 5) is 6.55. The van der Waals surface area contributed by atoms with Crippen molar-refractivity contribution in [3.63, 3.8) is 0 Å². The van der Waals surface area contributed by atoms with Crippen molar-refractivity contribution in [3.8, 4) is 0 Å². The molecule has 0 fully saturated rings. The van der Waals surface area contributed by atoms with Gasteiger partial charge in [-0.3, -0.25) is 0 Å². The molecule has 4 heteroatoms. The number of nitrogens with two attached hydrogens (primary N) is 1. The lowest BCUT2D eigenvalue weighted by Gasteiger charge is -2.24. The Bertz CT molecular complexity index is 267. The number of hydrogen-bond acceptors (Lipinski definition) is 3. The minimum absolute atomic E-state index is 0.623. The van der Waals surface area contributed by atoms with Crippen molar-refractivity contribution in [3.05, 3.63) is 12.4 Å². The smallest absolute Gasteiger partial charge is 0.205 e. The van der Waals surface area contributed by atoms with Gasteiger partial charge in [0.05, 0.1) is 0 Å². The van der Waals surface area contributed by atoms with Crippen LogP contribution in [0.3, 0.4) is 0 Å². The summed E-state index contributed by atoms with van der Waals surface area (Å²) in [5, 5.41) is 0. The molecule has 0 aliphatic rings. The van der Waals surface area contributed by atoms with Crippen molar-refractivity contribution < 1.29 is 0 Å².